The van der Waals surface area contributed by atoms with Crippen LogP contribution in [0.15, 0.2) is 12.1 Å². The summed E-state index contributed by atoms with van der Waals surface area (Å²) in [5, 5.41) is 3.24. The van der Waals surface area contributed by atoms with E-state index in [1.807, 2.05) is 6.07 Å². The minimum absolute atomic E-state index is 0.0850. The quantitative estimate of drug-likeness (QED) is 0.759. The van der Waals surface area contributed by atoms with E-state index in [9.17, 15) is 4.39 Å². The lowest BCUT2D eigenvalue weighted by Gasteiger charge is -1.99. The van der Waals surface area contributed by atoms with Crippen molar-refractivity contribution in [1.82, 2.24) is 5.32 Å². The highest BCUT2D eigenvalue weighted by molar-refractivity contribution is 7.10. The van der Waals surface area contributed by atoms with Crippen LogP contribution in [0.25, 0.3) is 0 Å². The van der Waals surface area contributed by atoms with E-state index in [0.29, 0.717) is 0 Å². The molecule has 1 aliphatic carbocycles. The third-order valence-corrected chi connectivity index (χ3v) is 2.93. The van der Waals surface area contributed by atoms with Crippen molar-refractivity contribution in [2.24, 2.45) is 5.92 Å². The van der Waals surface area contributed by atoms with Gasteiger partial charge in [0.05, 0.1) is 0 Å². The highest BCUT2D eigenvalue weighted by atomic mass is 32.1. The summed E-state index contributed by atoms with van der Waals surface area (Å²) in [7, 11) is 0. The van der Waals surface area contributed by atoms with E-state index in [1.165, 1.54) is 30.2 Å². The Bertz CT molecular complexity index is 255. The first kappa shape index (κ1) is 8.20. The molecule has 2 rings (SSSR count). The van der Waals surface area contributed by atoms with Gasteiger partial charge in [-0.3, -0.25) is 0 Å². The summed E-state index contributed by atoms with van der Waals surface area (Å²) in [6, 6.07) is 3.37. The van der Waals surface area contributed by atoms with Gasteiger partial charge in [-0.15, -0.1) is 11.3 Å². The number of halogens is 1. The van der Waals surface area contributed by atoms with Crippen molar-refractivity contribution < 1.29 is 4.39 Å². The van der Waals surface area contributed by atoms with Crippen LogP contribution in [0.1, 0.15) is 17.7 Å². The third-order valence-electron chi connectivity index (χ3n) is 2.06. The summed E-state index contributed by atoms with van der Waals surface area (Å²) < 4.78 is 12.5. The smallest absolute Gasteiger partial charge is 0.176 e. The monoisotopic (exact) mass is 185 g/mol. The Morgan fingerprint density at radius 1 is 1.50 bits per heavy atom. The van der Waals surface area contributed by atoms with Crippen LogP contribution in [0.4, 0.5) is 4.39 Å². The van der Waals surface area contributed by atoms with E-state index < -0.39 is 0 Å². The van der Waals surface area contributed by atoms with Gasteiger partial charge in [0, 0.05) is 11.4 Å². The molecule has 0 aliphatic heterocycles. The van der Waals surface area contributed by atoms with Crippen LogP contribution < -0.4 is 5.32 Å². The molecule has 1 fully saturated rings. The Morgan fingerprint density at radius 3 is 2.92 bits per heavy atom. The molecule has 1 heterocycles. The van der Waals surface area contributed by atoms with Crippen LogP contribution in [-0.2, 0) is 6.54 Å². The van der Waals surface area contributed by atoms with Crippen LogP contribution in [0.3, 0.4) is 0 Å². The Morgan fingerprint density at radius 2 is 2.33 bits per heavy atom. The van der Waals surface area contributed by atoms with E-state index in [1.54, 1.807) is 0 Å². The third kappa shape index (κ3) is 2.29. The fourth-order valence-electron chi connectivity index (χ4n) is 1.17. The van der Waals surface area contributed by atoms with Gasteiger partial charge < -0.3 is 5.32 Å². The number of rotatable bonds is 4. The topological polar surface area (TPSA) is 12.0 Å². The van der Waals surface area contributed by atoms with Crippen molar-refractivity contribution >= 4 is 11.3 Å². The van der Waals surface area contributed by atoms with Crippen molar-refractivity contribution in [3.63, 3.8) is 0 Å². The first-order chi connectivity index (χ1) is 5.84. The molecule has 0 amide bonds. The fourth-order valence-corrected chi connectivity index (χ4v) is 1.87. The predicted molar refractivity (Wildman–Crippen MR) is 48.7 cm³/mol. The molecule has 0 bridgehead atoms. The van der Waals surface area contributed by atoms with E-state index in [4.69, 9.17) is 0 Å². The molecule has 1 aliphatic rings. The second-order valence-corrected chi connectivity index (χ2v) is 4.40. The predicted octanol–water partition coefficient (Wildman–Crippen LogP) is 2.39. The molecule has 0 radical (unpaired) electrons. The lowest BCUT2D eigenvalue weighted by molar-refractivity contribution is 0.643. The van der Waals surface area contributed by atoms with Crippen molar-refractivity contribution in [2.75, 3.05) is 6.54 Å². The fraction of sp³-hybridized carbons (Fsp3) is 0.556. The number of hydrogen-bond donors (Lipinski definition) is 1. The van der Waals surface area contributed by atoms with E-state index >= 15 is 0 Å². The molecular weight excluding hydrogens is 173 g/mol. The second-order valence-electron chi connectivity index (χ2n) is 3.28. The van der Waals surface area contributed by atoms with Gasteiger partial charge in [-0.05, 0) is 37.4 Å². The van der Waals surface area contributed by atoms with Gasteiger partial charge in [0.1, 0.15) is 0 Å². The van der Waals surface area contributed by atoms with E-state index in [0.717, 1.165) is 23.9 Å². The summed E-state index contributed by atoms with van der Waals surface area (Å²) in [5.41, 5.74) is 0. The Kier molecular flexibility index (Phi) is 2.42. The van der Waals surface area contributed by atoms with Crippen LogP contribution in [0, 0.1) is 11.0 Å². The van der Waals surface area contributed by atoms with Crippen LogP contribution in [0.2, 0.25) is 0 Å². The van der Waals surface area contributed by atoms with Gasteiger partial charge in [-0.25, -0.2) is 0 Å². The maximum Gasteiger partial charge on any atom is 0.176 e. The molecule has 1 nitrogen and oxygen atoms in total. The molecule has 0 atom stereocenters. The molecule has 0 spiro atoms. The first-order valence-electron chi connectivity index (χ1n) is 4.29. The highest BCUT2D eigenvalue weighted by Gasteiger charge is 2.20. The first-order valence-corrected chi connectivity index (χ1v) is 5.11. The normalized spacial score (nSPS) is 16.8. The van der Waals surface area contributed by atoms with Crippen molar-refractivity contribution in [1.29, 1.82) is 0 Å². The highest BCUT2D eigenvalue weighted by Crippen LogP contribution is 2.27. The van der Waals surface area contributed by atoms with Gasteiger partial charge in [-0.2, -0.15) is 4.39 Å². The lowest BCUT2D eigenvalue weighted by atomic mass is 10.4. The largest absolute Gasteiger partial charge is 0.312 e. The average molecular weight is 185 g/mol. The van der Waals surface area contributed by atoms with Gasteiger partial charge in [0.25, 0.3) is 0 Å². The molecule has 66 valence electrons. The SMILES string of the molecule is Fc1ccc(CNCC2CC2)s1. The lowest BCUT2D eigenvalue weighted by Crippen LogP contribution is -2.15. The van der Waals surface area contributed by atoms with Gasteiger partial charge in [-0.1, -0.05) is 0 Å². The molecule has 3 heteroatoms. The molecular formula is C9H12FNS. The summed E-state index contributed by atoms with van der Waals surface area (Å²) in [6.07, 6.45) is 2.73. The van der Waals surface area contributed by atoms with Crippen LogP contribution in [0.5, 0.6) is 0 Å². The minimum Gasteiger partial charge on any atom is -0.312 e. The number of hydrogen-bond acceptors (Lipinski definition) is 2. The zero-order valence-electron chi connectivity index (χ0n) is 6.85. The molecule has 1 N–H and O–H groups in total. The maximum atomic E-state index is 12.5. The Hall–Kier alpha value is -0.410. The minimum atomic E-state index is -0.0850. The molecule has 0 saturated heterocycles. The van der Waals surface area contributed by atoms with E-state index in [-0.39, 0.29) is 5.13 Å². The summed E-state index contributed by atoms with van der Waals surface area (Å²) in [5.74, 6) is 0.898. The van der Waals surface area contributed by atoms with Gasteiger partial charge in [0.2, 0.25) is 0 Å². The summed E-state index contributed by atoms with van der Waals surface area (Å²) in [6.45, 7) is 1.92. The van der Waals surface area contributed by atoms with Crippen molar-refractivity contribution in [3.05, 3.63) is 22.1 Å². The second kappa shape index (κ2) is 3.54. The van der Waals surface area contributed by atoms with Crippen LogP contribution in [-0.4, -0.2) is 6.54 Å². The Labute approximate surface area is 75.6 Å². The molecule has 0 unspecified atom stereocenters. The average Bonchev–Trinajstić information content (AvgIpc) is 2.76. The summed E-state index contributed by atoms with van der Waals surface area (Å²) in [4.78, 5) is 1.09. The van der Waals surface area contributed by atoms with Crippen LogP contribution >= 0.6 is 11.3 Å². The van der Waals surface area contributed by atoms with Crippen molar-refractivity contribution in [2.45, 2.75) is 19.4 Å². The molecule has 0 aromatic carbocycles. The standard InChI is InChI=1S/C9H12FNS/c10-9-4-3-8(12-9)6-11-5-7-1-2-7/h3-4,7,11H,1-2,5-6H2. The molecule has 1 aromatic heterocycles. The number of thiophene rings is 1. The van der Waals surface area contributed by atoms with Crippen molar-refractivity contribution in [3.8, 4) is 0 Å². The zero-order chi connectivity index (χ0) is 8.39. The maximum absolute atomic E-state index is 12.5. The summed E-state index contributed by atoms with van der Waals surface area (Å²) >= 11 is 1.23. The van der Waals surface area contributed by atoms with E-state index in [2.05, 4.69) is 5.32 Å². The Balaban J connectivity index is 1.71. The number of nitrogens with one attached hydrogen (secondary N) is 1. The molecule has 1 saturated carbocycles. The zero-order valence-corrected chi connectivity index (χ0v) is 7.66. The molecule has 12 heavy (non-hydrogen) atoms. The molecule has 1 aromatic rings. The van der Waals surface area contributed by atoms with Gasteiger partial charge >= 0.3 is 0 Å². The van der Waals surface area contributed by atoms with Gasteiger partial charge in [0.15, 0.2) is 5.13 Å².